The van der Waals surface area contributed by atoms with Crippen molar-refractivity contribution in [2.24, 2.45) is 10.9 Å². The summed E-state index contributed by atoms with van der Waals surface area (Å²) in [6, 6.07) is 3.16. The van der Waals surface area contributed by atoms with E-state index in [4.69, 9.17) is 4.74 Å². The van der Waals surface area contributed by atoms with Crippen molar-refractivity contribution >= 4 is 20.6 Å². The summed E-state index contributed by atoms with van der Waals surface area (Å²) in [5.74, 6) is 3.10. The summed E-state index contributed by atoms with van der Waals surface area (Å²) in [5, 5.41) is 19.1. The molecule has 0 radical (unpaired) electrons. The minimum Gasteiger partial charge on any atom is -0.393 e. The van der Waals surface area contributed by atoms with Crippen molar-refractivity contribution in [3.63, 3.8) is 0 Å². The van der Waals surface area contributed by atoms with Crippen molar-refractivity contribution in [2.75, 3.05) is 6.61 Å². The zero-order valence-electron chi connectivity index (χ0n) is 18.4. The molecule has 3 rings (SSSR count). The Kier molecular flexibility index (Phi) is 6.75. The van der Waals surface area contributed by atoms with E-state index >= 15 is 0 Å². The number of hydrogen-bond acceptors (Lipinski definition) is 5. The zero-order valence-corrected chi connectivity index (χ0v) is 19.4. The van der Waals surface area contributed by atoms with Gasteiger partial charge in [0, 0.05) is 26.8 Å². The largest absolute Gasteiger partial charge is 0.393 e. The molecule has 1 N–H and O–H groups in total. The first-order valence-corrected chi connectivity index (χ1v) is 14.3. The van der Waals surface area contributed by atoms with Crippen molar-refractivity contribution in [3.05, 3.63) is 23.9 Å². The van der Waals surface area contributed by atoms with Crippen molar-refractivity contribution in [3.8, 4) is 5.69 Å². The Labute approximate surface area is 174 Å². The fourth-order valence-electron chi connectivity index (χ4n) is 4.22. The van der Waals surface area contributed by atoms with Gasteiger partial charge in [-0.05, 0) is 44.5 Å². The molecule has 1 aliphatic rings. The van der Waals surface area contributed by atoms with E-state index in [1.165, 1.54) is 0 Å². The Morgan fingerprint density at radius 1 is 1.31 bits per heavy atom. The maximum Gasteiger partial charge on any atom is 0.158 e. The molecular formula is C21H35N5O2Si. The minimum atomic E-state index is -1.11. The highest BCUT2D eigenvalue weighted by Gasteiger charge is 2.37. The average molecular weight is 418 g/mol. The number of aryl methyl sites for hydroxylation is 1. The number of aromatic nitrogens is 4. The summed E-state index contributed by atoms with van der Waals surface area (Å²) in [6.45, 7) is 16.2. The average Bonchev–Trinajstić information content (AvgIpc) is 3.33. The second-order valence-electron chi connectivity index (χ2n) is 9.34. The van der Waals surface area contributed by atoms with Crippen LogP contribution in [0.2, 0.25) is 25.7 Å². The number of rotatable bonds is 9. The molecular weight excluding hydrogens is 382 g/mol. The number of ether oxygens (including phenoxy) is 1. The van der Waals surface area contributed by atoms with E-state index in [0.717, 1.165) is 55.1 Å². The highest BCUT2D eigenvalue weighted by Crippen LogP contribution is 2.42. The van der Waals surface area contributed by atoms with Crippen LogP contribution in [-0.4, -0.2) is 51.9 Å². The van der Waals surface area contributed by atoms with Gasteiger partial charge in [-0.25, -0.2) is 4.99 Å². The molecule has 29 heavy (non-hydrogen) atoms. The van der Waals surface area contributed by atoms with Crippen molar-refractivity contribution in [1.29, 1.82) is 0 Å². The fraction of sp³-hybridized carbons (Fsp3) is 0.667. The maximum absolute atomic E-state index is 10.2. The first-order valence-electron chi connectivity index (χ1n) is 10.6. The second-order valence-corrected chi connectivity index (χ2v) is 15.0. The van der Waals surface area contributed by atoms with Gasteiger partial charge in [-0.15, -0.1) is 10.2 Å². The summed E-state index contributed by atoms with van der Waals surface area (Å²) in [7, 11) is -1.11. The predicted octanol–water partition coefficient (Wildman–Crippen LogP) is 4.29. The molecule has 0 saturated heterocycles. The Hall–Kier alpha value is -1.77. The van der Waals surface area contributed by atoms with Crippen LogP contribution in [0, 0.1) is 12.8 Å². The molecule has 0 spiro atoms. The van der Waals surface area contributed by atoms with Crippen LogP contribution in [0.3, 0.4) is 0 Å². The highest BCUT2D eigenvalue weighted by molar-refractivity contribution is 6.76. The molecule has 1 saturated carbocycles. The Bertz CT molecular complexity index is 839. The van der Waals surface area contributed by atoms with Crippen LogP contribution in [0.25, 0.3) is 5.69 Å². The van der Waals surface area contributed by atoms with Crippen LogP contribution in [-0.2, 0) is 11.5 Å². The molecule has 0 aliphatic heterocycles. The predicted molar refractivity (Wildman–Crippen MR) is 119 cm³/mol. The molecule has 0 bridgehead atoms. The summed E-state index contributed by atoms with van der Waals surface area (Å²) >= 11 is 0. The van der Waals surface area contributed by atoms with E-state index in [1.807, 2.05) is 23.8 Å². The molecule has 2 aromatic rings. The summed E-state index contributed by atoms with van der Waals surface area (Å²) in [5.41, 5.74) is 0.919. The van der Waals surface area contributed by atoms with Gasteiger partial charge in [0.05, 0.1) is 11.8 Å². The van der Waals surface area contributed by atoms with Gasteiger partial charge >= 0.3 is 0 Å². The Morgan fingerprint density at radius 2 is 2.07 bits per heavy atom. The second kappa shape index (κ2) is 8.93. The van der Waals surface area contributed by atoms with Crippen LogP contribution >= 0.6 is 0 Å². The van der Waals surface area contributed by atoms with Crippen LogP contribution in [0.4, 0.5) is 5.82 Å². The molecule has 160 valence electrons. The monoisotopic (exact) mass is 417 g/mol. The maximum atomic E-state index is 10.2. The van der Waals surface area contributed by atoms with Gasteiger partial charge in [0.2, 0.25) is 0 Å². The van der Waals surface area contributed by atoms with Gasteiger partial charge < -0.3 is 14.4 Å². The molecule has 1 fully saturated rings. The number of aliphatic hydroxyl groups is 1. The van der Waals surface area contributed by atoms with Crippen LogP contribution in [0.1, 0.15) is 43.8 Å². The molecule has 2 aromatic heterocycles. The zero-order chi connectivity index (χ0) is 21.2. The molecule has 3 atom stereocenters. The SMILES string of the molecule is C=Nc1c(-n2c(C)nnc2C2CC(O)CC2CC)ccn1COCC[Si](C)(C)C. The lowest BCUT2D eigenvalue weighted by Gasteiger charge is -2.19. The third-order valence-corrected chi connectivity index (χ3v) is 7.61. The van der Waals surface area contributed by atoms with Gasteiger partial charge in [-0.3, -0.25) is 4.57 Å². The highest BCUT2D eigenvalue weighted by atomic mass is 28.3. The lowest BCUT2D eigenvalue weighted by atomic mass is 9.93. The molecule has 2 heterocycles. The number of nitrogens with zero attached hydrogens (tertiary/aromatic N) is 5. The van der Waals surface area contributed by atoms with Gasteiger partial charge in [0.25, 0.3) is 0 Å². The first kappa shape index (κ1) is 21.9. The minimum absolute atomic E-state index is 0.199. The third kappa shape index (κ3) is 4.87. The van der Waals surface area contributed by atoms with Crippen molar-refractivity contribution in [2.45, 2.75) is 77.5 Å². The third-order valence-electron chi connectivity index (χ3n) is 5.91. The number of hydrogen-bond donors (Lipinski definition) is 1. The normalized spacial score (nSPS) is 22.3. The first-order chi connectivity index (χ1) is 13.7. The Morgan fingerprint density at radius 3 is 2.72 bits per heavy atom. The molecule has 1 aliphatic carbocycles. The Balaban J connectivity index is 1.85. The number of aliphatic imine (C=N–C) groups is 1. The van der Waals surface area contributed by atoms with Gasteiger partial charge in [0.15, 0.2) is 5.82 Å². The quantitative estimate of drug-likeness (QED) is 0.375. The van der Waals surface area contributed by atoms with Crippen LogP contribution in [0.15, 0.2) is 17.3 Å². The lowest BCUT2D eigenvalue weighted by Crippen LogP contribution is -2.21. The van der Waals surface area contributed by atoms with E-state index in [2.05, 4.69) is 53.0 Å². The van der Waals surface area contributed by atoms with Crippen LogP contribution < -0.4 is 0 Å². The summed E-state index contributed by atoms with van der Waals surface area (Å²) < 4.78 is 9.97. The molecule has 0 aromatic carbocycles. The molecule has 8 heteroatoms. The van der Waals surface area contributed by atoms with Gasteiger partial charge in [-0.2, -0.15) is 0 Å². The van der Waals surface area contributed by atoms with Gasteiger partial charge in [0.1, 0.15) is 18.4 Å². The fourth-order valence-corrected chi connectivity index (χ4v) is 4.98. The van der Waals surface area contributed by atoms with Crippen molar-refractivity contribution in [1.82, 2.24) is 19.3 Å². The summed E-state index contributed by atoms with van der Waals surface area (Å²) in [6.07, 6.45) is 4.29. The number of aliphatic hydroxyl groups excluding tert-OH is 1. The van der Waals surface area contributed by atoms with E-state index in [9.17, 15) is 5.11 Å². The van der Waals surface area contributed by atoms with Gasteiger partial charge in [-0.1, -0.05) is 33.0 Å². The lowest BCUT2D eigenvalue weighted by molar-refractivity contribution is 0.0886. The van der Waals surface area contributed by atoms with E-state index in [0.29, 0.717) is 12.6 Å². The van der Waals surface area contributed by atoms with Crippen LogP contribution in [0.5, 0.6) is 0 Å². The van der Waals surface area contributed by atoms with E-state index in [1.54, 1.807) is 0 Å². The molecule has 7 nitrogen and oxygen atoms in total. The smallest absolute Gasteiger partial charge is 0.158 e. The molecule has 3 unspecified atom stereocenters. The van der Waals surface area contributed by atoms with E-state index in [-0.39, 0.29) is 12.0 Å². The molecule has 0 amide bonds. The van der Waals surface area contributed by atoms with E-state index < -0.39 is 8.07 Å². The standard InChI is InChI=1S/C21H35N5O2Si/c1-7-16-12-17(27)13-18(16)20-24-23-15(2)26(20)19-8-9-25(21(19)22-3)14-28-10-11-29(4,5)6/h8-9,16-18,27H,3,7,10-14H2,1-2,4-6H3. The van der Waals surface area contributed by atoms with Crippen molar-refractivity contribution < 1.29 is 9.84 Å². The topological polar surface area (TPSA) is 77.5 Å². The summed E-state index contributed by atoms with van der Waals surface area (Å²) in [4.78, 5) is 4.29.